The monoisotopic (exact) mass is 405 g/mol. The fourth-order valence-corrected chi connectivity index (χ4v) is 3.68. The second-order valence-corrected chi connectivity index (χ2v) is 7.38. The zero-order chi connectivity index (χ0) is 19.3. The number of nitrogens with zero attached hydrogens (tertiary/aromatic N) is 3. The van der Waals surface area contributed by atoms with Gasteiger partial charge in [0.1, 0.15) is 0 Å². The molecule has 0 aliphatic heterocycles. The molecule has 0 saturated heterocycles. The summed E-state index contributed by atoms with van der Waals surface area (Å²) in [5, 5.41) is 10.3. The van der Waals surface area contributed by atoms with Gasteiger partial charge in [0.15, 0.2) is 4.34 Å². The molecule has 1 aromatic heterocycles. The lowest BCUT2D eigenvalue weighted by molar-refractivity contribution is -0.137. The van der Waals surface area contributed by atoms with E-state index in [1.807, 2.05) is 18.7 Å². The molecule has 1 heterocycles. The van der Waals surface area contributed by atoms with Crippen LogP contribution in [0.15, 0.2) is 22.5 Å². The van der Waals surface area contributed by atoms with Gasteiger partial charge in [0, 0.05) is 13.1 Å². The van der Waals surface area contributed by atoms with E-state index in [0.717, 1.165) is 35.2 Å². The van der Waals surface area contributed by atoms with E-state index in [-0.39, 0.29) is 16.6 Å². The quantitative estimate of drug-likeness (QED) is 0.683. The molecular weight excluding hydrogens is 387 g/mol. The van der Waals surface area contributed by atoms with Crippen LogP contribution in [-0.2, 0) is 11.0 Å². The number of benzene rings is 1. The van der Waals surface area contributed by atoms with Crippen molar-refractivity contribution >= 4 is 45.5 Å². The number of thioether (sulfide) groups is 1. The van der Waals surface area contributed by atoms with E-state index in [0.29, 0.717) is 23.1 Å². The molecule has 3 N–H and O–H groups in total. The Hall–Kier alpha value is -2.01. The van der Waals surface area contributed by atoms with Crippen LogP contribution in [0, 0.1) is 0 Å². The number of rotatable bonds is 7. The molecule has 0 fully saturated rings. The number of aromatic nitrogens is 2. The number of carbonyl (C=O) groups excluding carboxylic acids is 1. The van der Waals surface area contributed by atoms with Gasteiger partial charge in [-0.15, -0.1) is 10.2 Å². The van der Waals surface area contributed by atoms with Gasteiger partial charge in [-0.3, -0.25) is 4.79 Å². The number of nitrogen functional groups attached to an aromatic ring is 1. The summed E-state index contributed by atoms with van der Waals surface area (Å²) in [4.78, 5) is 14.1. The van der Waals surface area contributed by atoms with Crippen LogP contribution in [0.4, 0.5) is 29.7 Å². The van der Waals surface area contributed by atoms with Gasteiger partial charge in [-0.1, -0.05) is 23.1 Å². The molecule has 0 radical (unpaired) electrons. The standard InChI is InChI=1S/C15H18F3N5OS2/c1-3-23(4-2)11-6-5-9(15(16,17)18)7-10(11)20-12(24)8-25-14-22-21-13(19)26-14/h5-7H,3-4,8H2,1-2H3,(H2,19,21)(H,20,24). The topological polar surface area (TPSA) is 84.1 Å². The molecule has 0 atom stereocenters. The van der Waals surface area contributed by atoms with Gasteiger partial charge in [0.2, 0.25) is 11.0 Å². The highest BCUT2D eigenvalue weighted by atomic mass is 32.2. The first-order chi connectivity index (χ1) is 12.2. The van der Waals surface area contributed by atoms with Crippen LogP contribution in [0.1, 0.15) is 19.4 Å². The zero-order valence-corrected chi connectivity index (χ0v) is 15.8. The smallest absolute Gasteiger partial charge is 0.374 e. The highest BCUT2D eigenvalue weighted by Crippen LogP contribution is 2.35. The van der Waals surface area contributed by atoms with Gasteiger partial charge in [0.05, 0.1) is 22.7 Å². The first-order valence-electron chi connectivity index (χ1n) is 7.72. The summed E-state index contributed by atoms with van der Waals surface area (Å²) in [6.07, 6.45) is -4.49. The van der Waals surface area contributed by atoms with E-state index >= 15 is 0 Å². The van der Waals surface area contributed by atoms with Crippen LogP contribution in [0.5, 0.6) is 0 Å². The fourth-order valence-electron chi connectivity index (χ4n) is 2.24. The minimum absolute atomic E-state index is 0.0113. The second kappa shape index (κ2) is 8.58. The van der Waals surface area contributed by atoms with Crippen molar-refractivity contribution in [3.05, 3.63) is 23.8 Å². The molecule has 0 aliphatic rings. The summed E-state index contributed by atoms with van der Waals surface area (Å²) >= 11 is 2.26. The average molecular weight is 405 g/mol. The summed E-state index contributed by atoms with van der Waals surface area (Å²) in [6, 6.07) is 3.35. The molecule has 11 heteroatoms. The molecule has 26 heavy (non-hydrogen) atoms. The van der Waals surface area contributed by atoms with Crippen molar-refractivity contribution < 1.29 is 18.0 Å². The molecule has 0 aliphatic carbocycles. The number of amides is 1. The summed E-state index contributed by atoms with van der Waals surface area (Å²) in [5.74, 6) is -0.445. The van der Waals surface area contributed by atoms with Crippen LogP contribution in [0.25, 0.3) is 0 Å². The molecule has 6 nitrogen and oxygen atoms in total. The first-order valence-corrected chi connectivity index (χ1v) is 9.52. The lowest BCUT2D eigenvalue weighted by Crippen LogP contribution is -2.25. The summed E-state index contributed by atoms with van der Waals surface area (Å²) in [5.41, 5.74) is 5.33. The predicted octanol–water partition coefficient (Wildman–Crippen LogP) is 3.72. The Labute approximate surface area is 157 Å². The van der Waals surface area contributed by atoms with Crippen molar-refractivity contribution in [1.29, 1.82) is 0 Å². The average Bonchev–Trinajstić information content (AvgIpc) is 3.00. The maximum Gasteiger partial charge on any atom is 0.416 e. The molecular formula is C15H18F3N5OS2. The summed E-state index contributed by atoms with van der Waals surface area (Å²) in [7, 11) is 0. The van der Waals surface area contributed by atoms with Gasteiger partial charge in [-0.2, -0.15) is 13.2 Å². The molecule has 1 amide bonds. The lowest BCUT2D eigenvalue weighted by atomic mass is 10.1. The SMILES string of the molecule is CCN(CC)c1ccc(C(F)(F)F)cc1NC(=O)CSc1nnc(N)s1. The normalized spacial score (nSPS) is 11.4. The highest BCUT2D eigenvalue weighted by molar-refractivity contribution is 8.01. The highest BCUT2D eigenvalue weighted by Gasteiger charge is 2.31. The van der Waals surface area contributed by atoms with Crippen LogP contribution >= 0.6 is 23.1 Å². The second-order valence-electron chi connectivity index (χ2n) is 5.15. The largest absolute Gasteiger partial charge is 0.416 e. The first kappa shape index (κ1) is 20.3. The Bertz CT molecular complexity index is 762. The van der Waals surface area contributed by atoms with E-state index in [2.05, 4.69) is 15.5 Å². The number of carbonyl (C=O) groups is 1. The van der Waals surface area contributed by atoms with Gasteiger partial charge in [-0.25, -0.2) is 0 Å². The maximum absolute atomic E-state index is 13.0. The fraction of sp³-hybridized carbons (Fsp3) is 0.400. The van der Waals surface area contributed by atoms with Crippen molar-refractivity contribution in [2.24, 2.45) is 0 Å². The number of nitrogens with two attached hydrogens (primary N) is 1. The van der Waals surface area contributed by atoms with E-state index < -0.39 is 17.6 Å². The Morgan fingerprint density at radius 1 is 1.31 bits per heavy atom. The molecule has 0 spiro atoms. The van der Waals surface area contributed by atoms with Crippen LogP contribution < -0.4 is 16.0 Å². The molecule has 2 aromatic rings. The van der Waals surface area contributed by atoms with Gasteiger partial charge in [0.25, 0.3) is 0 Å². The molecule has 1 aromatic carbocycles. The van der Waals surface area contributed by atoms with Crippen molar-refractivity contribution in [2.45, 2.75) is 24.4 Å². The van der Waals surface area contributed by atoms with Gasteiger partial charge < -0.3 is 16.0 Å². The van der Waals surface area contributed by atoms with Crippen LogP contribution in [0.2, 0.25) is 0 Å². The predicted molar refractivity (Wildman–Crippen MR) is 98.7 cm³/mol. The Morgan fingerprint density at radius 2 is 2.00 bits per heavy atom. The number of alkyl halides is 3. The Kier molecular flexibility index (Phi) is 6.70. The third-order valence-corrected chi connectivity index (χ3v) is 5.34. The number of hydrogen-bond donors (Lipinski definition) is 2. The molecule has 0 unspecified atom stereocenters. The van der Waals surface area contributed by atoms with Crippen LogP contribution in [0.3, 0.4) is 0 Å². The van der Waals surface area contributed by atoms with E-state index in [9.17, 15) is 18.0 Å². The van der Waals surface area contributed by atoms with Gasteiger partial charge >= 0.3 is 6.18 Å². The summed E-state index contributed by atoms with van der Waals surface area (Å²) < 4.78 is 39.6. The number of anilines is 3. The summed E-state index contributed by atoms with van der Waals surface area (Å²) in [6.45, 7) is 4.98. The third kappa shape index (κ3) is 5.24. The van der Waals surface area contributed by atoms with Crippen molar-refractivity contribution in [1.82, 2.24) is 10.2 Å². The van der Waals surface area contributed by atoms with Crippen LogP contribution in [-0.4, -0.2) is 34.9 Å². The Morgan fingerprint density at radius 3 is 2.54 bits per heavy atom. The lowest BCUT2D eigenvalue weighted by Gasteiger charge is -2.25. The molecule has 0 saturated carbocycles. The van der Waals surface area contributed by atoms with E-state index in [4.69, 9.17) is 5.73 Å². The van der Waals surface area contributed by atoms with Crippen molar-refractivity contribution in [3.8, 4) is 0 Å². The number of nitrogens with one attached hydrogen (secondary N) is 1. The zero-order valence-electron chi connectivity index (χ0n) is 14.1. The molecule has 0 bridgehead atoms. The van der Waals surface area contributed by atoms with E-state index in [1.54, 1.807) is 0 Å². The Balaban J connectivity index is 2.19. The molecule has 142 valence electrons. The maximum atomic E-state index is 13.0. The number of halogens is 3. The van der Waals surface area contributed by atoms with Crippen molar-refractivity contribution in [3.63, 3.8) is 0 Å². The molecule has 2 rings (SSSR count). The minimum atomic E-state index is -4.49. The minimum Gasteiger partial charge on any atom is -0.374 e. The number of hydrogen-bond acceptors (Lipinski definition) is 7. The van der Waals surface area contributed by atoms with E-state index in [1.165, 1.54) is 6.07 Å². The van der Waals surface area contributed by atoms with Crippen molar-refractivity contribution in [2.75, 3.05) is 34.8 Å². The third-order valence-electron chi connectivity index (χ3n) is 3.45. The van der Waals surface area contributed by atoms with Gasteiger partial charge in [-0.05, 0) is 32.0 Å².